The summed E-state index contributed by atoms with van der Waals surface area (Å²) in [7, 11) is 0. The molecule has 0 saturated carbocycles. The van der Waals surface area contributed by atoms with E-state index in [1.807, 2.05) is 0 Å². The molecule has 0 aromatic carbocycles. The van der Waals surface area contributed by atoms with Crippen LogP contribution in [0.25, 0.3) is 0 Å². The number of carbonyl (C=O) groups is 1. The van der Waals surface area contributed by atoms with Crippen LogP contribution >= 0.6 is 12.4 Å². The van der Waals surface area contributed by atoms with Gasteiger partial charge in [0.05, 0.1) is 0 Å². The van der Waals surface area contributed by atoms with E-state index in [1.165, 1.54) is 5.57 Å². The zero-order valence-electron chi connectivity index (χ0n) is 8.32. The van der Waals surface area contributed by atoms with Crippen LogP contribution in [0.3, 0.4) is 0 Å². The molecule has 0 aromatic heterocycles. The summed E-state index contributed by atoms with van der Waals surface area (Å²) >= 11 is 0. The lowest BCUT2D eigenvalue weighted by atomic mass is 9.81. The topological polar surface area (TPSA) is 40.5 Å². The standard InChI is InChI=1S/C10H15NO2.ClH/c1-7(10(12)13)9-6-11-4-2-8(9)3-5-11;/h8H,2-6H2,1H3,(H,12,13);1H. The predicted molar refractivity (Wildman–Crippen MR) is 56.7 cm³/mol. The second-order valence-corrected chi connectivity index (χ2v) is 4.01. The van der Waals surface area contributed by atoms with Crippen molar-refractivity contribution in [3.8, 4) is 0 Å². The van der Waals surface area contributed by atoms with Crippen LogP contribution in [0, 0.1) is 5.92 Å². The zero-order valence-corrected chi connectivity index (χ0v) is 9.14. The van der Waals surface area contributed by atoms with Crippen molar-refractivity contribution in [3.63, 3.8) is 0 Å². The van der Waals surface area contributed by atoms with Gasteiger partial charge in [0.2, 0.25) is 0 Å². The minimum atomic E-state index is -0.747. The van der Waals surface area contributed by atoms with Gasteiger partial charge >= 0.3 is 5.97 Å². The van der Waals surface area contributed by atoms with Crippen LogP contribution in [0.5, 0.6) is 0 Å². The van der Waals surface area contributed by atoms with E-state index in [9.17, 15) is 4.79 Å². The third-order valence-electron chi connectivity index (χ3n) is 3.28. The molecule has 3 nitrogen and oxygen atoms in total. The summed E-state index contributed by atoms with van der Waals surface area (Å²) in [5, 5.41) is 8.89. The molecule has 1 N–H and O–H groups in total. The summed E-state index contributed by atoms with van der Waals surface area (Å²) in [6.07, 6.45) is 2.31. The number of hydrogen-bond acceptors (Lipinski definition) is 2. The van der Waals surface area contributed by atoms with Crippen molar-refractivity contribution in [2.45, 2.75) is 19.8 Å². The maximum atomic E-state index is 10.8. The highest BCUT2D eigenvalue weighted by molar-refractivity contribution is 5.87. The van der Waals surface area contributed by atoms with Crippen molar-refractivity contribution in [3.05, 3.63) is 11.1 Å². The zero-order chi connectivity index (χ0) is 9.42. The molecule has 0 aromatic rings. The van der Waals surface area contributed by atoms with Crippen LogP contribution in [0.15, 0.2) is 11.1 Å². The molecule has 0 amide bonds. The highest BCUT2D eigenvalue weighted by Crippen LogP contribution is 2.33. The second kappa shape index (κ2) is 4.32. The fraction of sp³-hybridized carbons (Fsp3) is 0.700. The van der Waals surface area contributed by atoms with Crippen LogP contribution < -0.4 is 0 Å². The lowest BCUT2D eigenvalue weighted by molar-refractivity contribution is -0.132. The minimum absolute atomic E-state index is 0. The SMILES string of the molecule is CC(C(=O)O)=C1CN2CCC1CC2.Cl. The average Bonchev–Trinajstić information content (AvgIpc) is 2.18. The van der Waals surface area contributed by atoms with Crippen LogP contribution in [0.2, 0.25) is 0 Å². The predicted octanol–water partition coefficient (Wildman–Crippen LogP) is 1.53. The molecule has 3 heterocycles. The Labute approximate surface area is 90.2 Å². The molecule has 80 valence electrons. The molecule has 3 aliphatic rings. The van der Waals surface area contributed by atoms with Crippen LogP contribution in [-0.4, -0.2) is 35.6 Å². The number of rotatable bonds is 1. The van der Waals surface area contributed by atoms with Crippen LogP contribution in [0.1, 0.15) is 19.8 Å². The number of nitrogens with zero attached hydrogens (tertiary/aromatic N) is 1. The van der Waals surface area contributed by atoms with Gasteiger partial charge < -0.3 is 5.11 Å². The highest BCUT2D eigenvalue weighted by atomic mass is 35.5. The first kappa shape index (κ1) is 11.5. The number of halogens is 1. The Hall–Kier alpha value is -0.540. The Morgan fingerprint density at radius 3 is 2.36 bits per heavy atom. The quantitative estimate of drug-likeness (QED) is 0.678. The van der Waals surface area contributed by atoms with E-state index in [4.69, 9.17) is 5.11 Å². The van der Waals surface area contributed by atoms with E-state index in [-0.39, 0.29) is 12.4 Å². The summed E-state index contributed by atoms with van der Waals surface area (Å²) < 4.78 is 0. The Balaban J connectivity index is 0.000000980. The summed E-state index contributed by atoms with van der Waals surface area (Å²) in [6.45, 7) is 4.93. The van der Waals surface area contributed by atoms with Crippen molar-refractivity contribution >= 4 is 18.4 Å². The van der Waals surface area contributed by atoms with Gasteiger partial charge in [-0.15, -0.1) is 12.4 Å². The van der Waals surface area contributed by atoms with Crippen molar-refractivity contribution < 1.29 is 9.90 Å². The van der Waals surface area contributed by atoms with Gasteiger partial charge in [0, 0.05) is 12.1 Å². The molecule has 3 fully saturated rings. The average molecular weight is 218 g/mol. The molecule has 3 saturated heterocycles. The number of fused-ring (bicyclic) bond motifs is 3. The highest BCUT2D eigenvalue weighted by Gasteiger charge is 2.31. The Kier molecular flexibility index (Phi) is 3.56. The number of carboxylic acid groups (broad SMARTS) is 1. The van der Waals surface area contributed by atoms with Gasteiger partial charge in [0.15, 0.2) is 0 Å². The van der Waals surface area contributed by atoms with Gasteiger partial charge in [0.25, 0.3) is 0 Å². The van der Waals surface area contributed by atoms with E-state index in [2.05, 4.69) is 4.90 Å². The van der Waals surface area contributed by atoms with Crippen molar-refractivity contribution in [2.24, 2.45) is 5.92 Å². The summed E-state index contributed by atoms with van der Waals surface area (Å²) in [5.74, 6) is -0.190. The van der Waals surface area contributed by atoms with Gasteiger partial charge in [0.1, 0.15) is 0 Å². The van der Waals surface area contributed by atoms with Crippen molar-refractivity contribution in [1.29, 1.82) is 0 Å². The van der Waals surface area contributed by atoms with Gasteiger partial charge in [-0.2, -0.15) is 0 Å². The van der Waals surface area contributed by atoms with E-state index < -0.39 is 5.97 Å². The van der Waals surface area contributed by atoms with Gasteiger partial charge in [-0.25, -0.2) is 4.79 Å². The summed E-state index contributed by atoms with van der Waals surface area (Å²) in [5.41, 5.74) is 1.75. The van der Waals surface area contributed by atoms with Gasteiger partial charge in [-0.1, -0.05) is 0 Å². The molecule has 2 bridgehead atoms. The summed E-state index contributed by atoms with van der Waals surface area (Å²) in [4.78, 5) is 13.1. The molecule has 0 aliphatic carbocycles. The normalized spacial score (nSPS) is 33.5. The van der Waals surface area contributed by atoms with Crippen molar-refractivity contribution in [2.75, 3.05) is 19.6 Å². The monoisotopic (exact) mass is 217 g/mol. The first-order valence-electron chi connectivity index (χ1n) is 4.84. The molecular formula is C10H16ClNO2. The van der Waals surface area contributed by atoms with Crippen LogP contribution in [-0.2, 0) is 4.79 Å². The Morgan fingerprint density at radius 2 is 2.00 bits per heavy atom. The van der Waals surface area contributed by atoms with Crippen molar-refractivity contribution in [1.82, 2.24) is 4.90 Å². The molecule has 3 rings (SSSR count). The molecule has 4 heteroatoms. The summed E-state index contributed by atoms with van der Waals surface area (Å²) in [6, 6.07) is 0. The Morgan fingerprint density at radius 1 is 1.43 bits per heavy atom. The van der Waals surface area contributed by atoms with Gasteiger partial charge in [-0.3, -0.25) is 4.90 Å². The number of aliphatic carboxylic acids is 1. The minimum Gasteiger partial charge on any atom is -0.478 e. The third kappa shape index (κ3) is 1.93. The first-order chi connectivity index (χ1) is 6.18. The van der Waals surface area contributed by atoms with E-state index >= 15 is 0 Å². The van der Waals surface area contributed by atoms with Gasteiger partial charge in [-0.05, 0) is 44.3 Å². The van der Waals surface area contributed by atoms with Crippen LogP contribution in [0.4, 0.5) is 0 Å². The lowest BCUT2D eigenvalue weighted by Gasteiger charge is -2.41. The fourth-order valence-corrected chi connectivity index (χ4v) is 2.37. The molecule has 0 unspecified atom stereocenters. The molecule has 3 aliphatic heterocycles. The molecular weight excluding hydrogens is 202 g/mol. The maximum absolute atomic E-state index is 10.8. The lowest BCUT2D eigenvalue weighted by Crippen LogP contribution is -2.43. The maximum Gasteiger partial charge on any atom is 0.331 e. The number of hydrogen-bond donors (Lipinski definition) is 1. The number of piperidine rings is 3. The molecule has 0 spiro atoms. The smallest absolute Gasteiger partial charge is 0.331 e. The van der Waals surface area contributed by atoms with E-state index in [1.54, 1.807) is 6.92 Å². The molecule has 14 heavy (non-hydrogen) atoms. The fourth-order valence-electron chi connectivity index (χ4n) is 2.37. The number of carboxylic acids is 1. The largest absolute Gasteiger partial charge is 0.478 e. The van der Waals surface area contributed by atoms with E-state index in [0.717, 1.165) is 32.5 Å². The first-order valence-corrected chi connectivity index (χ1v) is 4.84. The third-order valence-corrected chi connectivity index (χ3v) is 3.28. The molecule has 0 radical (unpaired) electrons. The second-order valence-electron chi connectivity index (χ2n) is 4.01. The van der Waals surface area contributed by atoms with E-state index in [0.29, 0.717) is 11.5 Å². The molecule has 0 atom stereocenters. The Bertz CT molecular complexity index is 267.